The molecule has 1 aromatic carbocycles. The third kappa shape index (κ3) is 2.89. The summed E-state index contributed by atoms with van der Waals surface area (Å²) in [5, 5.41) is 8.18. The van der Waals surface area contributed by atoms with Crippen molar-refractivity contribution in [3.8, 4) is 0 Å². The number of halogens is 1. The van der Waals surface area contributed by atoms with Gasteiger partial charge in [0.1, 0.15) is 0 Å². The largest absolute Gasteiger partial charge is 0.320 e. The van der Waals surface area contributed by atoms with Crippen LogP contribution in [0.1, 0.15) is 27.8 Å². The number of anilines is 1. The predicted octanol–water partition coefficient (Wildman–Crippen LogP) is 3.25. The standard InChI is InChI=1S/C11H10BrN3OS/c1-7(12)8-4-2-3-5-9(8)13-11(16)10-6-17-15-14-10/h2-7H,1H3,(H,13,16). The summed E-state index contributed by atoms with van der Waals surface area (Å²) < 4.78 is 3.66. The summed E-state index contributed by atoms with van der Waals surface area (Å²) in [7, 11) is 0. The number of carbonyl (C=O) groups excluding carboxylic acids is 1. The second-order valence-corrected chi connectivity index (χ2v) is 5.43. The van der Waals surface area contributed by atoms with Gasteiger partial charge < -0.3 is 5.32 Å². The average molecular weight is 312 g/mol. The molecule has 17 heavy (non-hydrogen) atoms. The number of nitrogens with one attached hydrogen (secondary N) is 1. The first-order valence-corrected chi connectivity index (χ1v) is 6.75. The Morgan fingerprint density at radius 3 is 2.88 bits per heavy atom. The van der Waals surface area contributed by atoms with Gasteiger partial charge in [0.2, 0.25) is 0 Å². The number of hydrogen-bond acceptors (Lipinski definition) is 4. The summed E-state index contributed by atoms with van der Waals surface area (Å²) in [5.74, 6) is -0.237. The van der Waals surface area contributed by atoms with E-state index in [-0.39, 0.29) is 10.7 Å². The summed E-state index contributed by atoms with van der Waals surface area (Å²) in [5.41, 5.74) is 2.16. The number of rotatable bonds is 3. The first-order chi connectivity index (χ1) is 8.18. The highest BCUT2D eigenvalue weighted by atomic mass is 79.9. The molecule has 2 rings (SSSR count). The maximum Gasteiger partial charge on any atom is 0.277 e. The normalized spacial score (nSPS) is 12.1. The number of para-hydroxylation sites is 1. The van der Waals surface area contributed by atoms with E-state index in [1.807, 2.05) is 31.2 Å². The second kappa shape index (κ2) is 5.37. The molecule has 6 heteroatoms. The molecule has 0 aliphatic carbocycles. The van der Waals surface area contributed by atoms with E-state index >= 15 is 0 Å². The molecule has 1 unspecified atom stereocenters. The molecule has 0 saturated heterocycles. The molecule has 1 N–H and O–H groups in total. The highest BCUT2D eigenvalue weighted by Gasteiger charge is 2.12. The van der Waals surface area contributed by atoms with Crippen LogP contribution in [0.15, 0.2) is 29.6 Å². The van der Waals surface area contributed by atoms with Crippen molar-refractivity contribution in [2.75, 3.05) is 5.32 Å². The van der Waals surface area contributed by atoms with Gasteiger partial charge in [0.05, 0.1) is 0 Å². The molecule has 0 aliphatic heterocycles. The van der Waals surface area contributed by atoms with Gasteiger partial charge in [-0.25, -0.2) is 0 Å². The van der Waals surface area contributed by atoms with Crippen molar-refractivity contribution >= 4 is 39.1 Å². The zero-order valence-electron chi connectivity index (χ0n) is 9.05. The Morgan fingerprint density at radius 1 is 1.47 bits per heavy atom. The number of carbonyl (C=O) groups is 1. The predicted molar refractivity (Wildman–Crippen MR) is 71.6 cm³/mol. The number of amides is 1. The lowest BCUT2D eigenvalue weighted by Crippen LogP contribution is -2.13. The molecule has 4 nitrogen and oxygen atoms in total. The minimum Gasteiger partial charge on any atom is -0.320 e. The Hall–Kier alpha value is -1.27. The lowest BCUT2D eigenvalue weighted by atomic mass is 10.1. The number of aromatic nitrogens is 2. The number of hydrogen-bond donors (Lipinski definition) is 1. The third-order valence-electron chi connectivity index (χ3n) is 2.23. The molecule has 0 bridgehead atoms. The van der Waals surface area contributed by atoms with Crippen LogP contribution < -0.4 is 5.32 Å². The van der Waals surface area contributed by atoms with Crippen LogP contribution in [0.25, 0.3) is 0 Å². The van der Waals surface area contributed by atoms with Crippen LogP contribution in [0.4, 0.5) is 5.69 Å². The Morgan fingerprint density at radius 2 is 2.24 bits per heavy atom. The lowest BCUT2D eigenvalue weighted by molar-refractivity contribution is 0.102. The molecule has 1 heterocycles. The lowest BCUT2D eigenvalue weighted by Gasteiger charge is -2.11. The van der Waals surface area contributed by atoms with E-state index in [9.17, 15) is 4.79 Å². The van der Waals surface area contributed by atoms with Gasteiger partial charge in [-0.05, 0) is 30.1 Å². The Kier molecular flexibility index (Phi) is 3.86. The van der Waals surface area contributed by atoms with Crippen LogP contribution in [0.2, 0.25) is 0 Å². The quantitative estimate of drug-likeness (QED) is 0.885. The van der Waals surface area contributed by atoms with Crippen molar-refractivity contribution < 1.29 is 4.79 Å². The average Bonchev–Trinajstić information content (AvgIpc) is 2.83. The first-order valence-electron chi connectivity index (χ1n) is 5.00. The molecule has 0 fully saturated rings. The van der Waals surface area contributed by atoms with Gasteiger partial charge >= 0.3 is 0 Å². The van der Waals surface area contributed by atoms with Crippen LogP contribution in [-0.2, 0) is 0 Å². The number of nitrogens with zero attached hydrogens (tertiary/aromatic N) is 2. The first kappa shape index (κ1) is 12.2. The van der Waals surface area contributed by atoms with E-state index in [1.165, 1.54) is 0 Å². The minimum atomic E-state index is -0.237. The van der Waals surface area contributed by atoms with Gasteiger partial charge in [0, 0.05) is 15.9 Å². The Bertz CT molecular complexity index is 513. The Balaban J connectivity index is 2.22. The van der Waals surface area contributed by atoms with Crippen LogP contribution in [0.3, 0.4) is 0 Å². The number of benzene rings is 1. The van der Waals surface area contributed by atoms with Crippen molar-refractivity contribution in [2.45, 2.75) is 11.8 Å². The van der Waals surface area contributed by atoms with E-state index in [1.54, 1.807) is 5.38 Å². The summed E-state index contributed by atoms with van der Waals surface area (Å²) in [4.78, 5) is 12.0. The van der Waals surface area contributed by atoms with Gasteiger partial charge in [-0.1, -0.05) is 38.6 Å². The van der Waals surface area contributed by atoms with E-state index in [2.05, 4.69) is 30.8 Å². The number of alkyl halides is 1. The zero-order chi connectivity index (χ0) is 12.3. The molecule has 0 spiro atoms. The monoisotopic (exact) mass is 311 g/mol. The molecule has 2 aromatic rings. The van der Waals surface area contributed by atoms with E-state index in [4.69, 9.17) is 0 Å². The van der Waals surface area contributed by atoms with Crippen molar-refractivity contribution in [3.05, 3.63) is 40.9 Å². The van der Waals surface area contributed by atoms with Crippen molar-refractivity contribution in [2.24, 2.45) is 0 Å². The van der Waals surface area contributed by atoms with Gasteiger partial charge in [-0.3, -0.25) is 4.79 Å². The molecular weight excluding hydrogens is 302 g/mol. The van der Waals surface area contributed by atoms with Crippen LogP contribution in [-0.4, -0.2) is 15.5 Å². The fraction of sp³-hybridized carbons (Fsp3) is 0.182. The highest BCUT2D eigenvalue weighted by Crippen LogP contribution is 2.28. The minimum absolute atomic E-state index is 0.174. The summed E-state index contributed by atoms with van der Waals surface area (Å²) in [6.45, 7) is 2.01. The van der Waals surface area contributed by atoms with Crippen LogP contribution in [0, 0.1) is 0 Å². The van der Waals surface area contributed by atoms with Gasteiger partial charge in [-0.15, -0.1) is 5.10 Å². The SMILES string of the molecule is CC(Br)c1ccccc1NC(=O)c1csnn1. The van der Waals surface area contributed by atoms with E-state index in [0.29, 0.717) is 5.69 Å². The molecule has 1 amide bonds. The summed E-state index contributed by atoms with van der Waals surface area (Å²) in [6, 6.07) is 7.65. The topological polar surface area (TPSA) is 54.9 Å². The maximum absolute atomic E-state index is 11.8. The van der Waals surface area contributed by atoms with Crippen LogP contribution in [0.5, 0.6) is 0 Å². The Labute approximate surface area is 111 Å². The molecule has 0 saturated carbocycles. The molecule has 1 aromatic heterocycles. The van der Waals surface area contributed by atoms with E-state index < -0.39 is 0 Å². The van der Waals surface area contributed by atoms with Crippen molar-refractivity contribution in [1.29, 1.82) is 0 Å². The van der Waals surface area contributed by atoms with E-state index in [0.717, 1.165) is 22.8 Å². The highest BCUT2D eigenvalue weighted by molar-refractivity contribution is 9.09. The molecular formula is C11H10BrN3OS. The molecule has 0 aliphatic rings. The van der Waals surface area contributed by atoms with Crippen molar-refractivity contribution in [3.63, 3.8) is 0 Å². The van der Waals surface area contributed by atoms with Crippen LogP contribution >= 0.6 is 27.5 Å². The maximum atomic E-state index is 11.8. The molecule has 0 radical (unpaired) electrons. The fourth-order valence-corrected chi connectivity index (χ4v) is 2.24. The van der Waals surface area contributed by atoms with Gasteiger partial charge in [0.25, 0.3) is 5.91 Å². The molecule has 1 atom stereocenters. The van der Waals surface area contributed by atoms with Crippen molar-refractivity contribution in [1.82, 2.24) is 9.59 Å². The fourth-order valence-electron chi connectivity index (χ4n) is 1.41. The summed E-state index contributed by atoms with van der Waals surface area (Å²) in [6.07, 6.45) is 0. The third-order valence-corrected chi connectivity index (χ3v) is 3.23. The summed E-state index contributed by atoms with van der Waals surface area (Å²) >= 11 is 4.65. The zero-order valence-corrected chi connectivity index (χ0v) is 11.5. The smallest absolute Gasteiger partial charge is 0.277 e. The van der Waals surface area contributed by atoms with Gasteiger partial charge in [0.15, 0.2) is 5.69 Å². The molecule has 88 valence electrons. The van der Waals surface area contributed by atoms with Gasteiger partial charge in [-0.2, -0.15) is 0 Å². The second-order valence-electron chi connectivity index (χ2n) is 3.45.